The van der Waals surface area contributed by atoms with Crippen LogP contribution in [0.1, 0.15) is 22.5 Å². The van der Waals surface area contributed by atoms with Crippen LogP contribution in [0.15, 0.2) is 71.5 Å². The van der Waals surface area contributed by atoms with E-state index in [9.17, 15) is 4.79 Å². The van der Waals surface area contributed by atoms with Gasteiger partial charge in [0, 0.05) is 24.6 Å². The summed E-state index contributed by atoms with van der Waals surface area (Å²) in [6.07, 6.45) is 1.47. The summed E-state index contributed by atoms with van der Waals surface area (Å²) >= 11 is 0. The largest absolute Gasteiger partial charge is 0.311 e. The molecular formula is C22H20N4O. The normalized spacial score (nSPS) is 13.6. The van der Waals surface area contributed by atoms with Crippen LogP contribution >= 0.6 is 0 Å². The van der Waals surface area contributed by atoms with Crippen molar-refractivity contribution in [1.29, 1.82) is 0 Å². The van der Waals surface area contributed by atoms with Gasteiger partial charge >= 0.3 is 0 Å². The second kappa shape index (κ2) is 6.52. The molecule has 1 aliphatic rings. The molecule has 5 heteroatoms. The first-order valence-corrected chi connectivity index (χ1v) is 9.27. The summed E-state index contributed by atoms with van der Waals surface area (Å²) in [4.78, 5) is 13.3. The van der Waals surface area contributed by atoms with E-state index in [1.54, 1.807) is 4.57 Å². The van der Waals surface area contributed by atoms with Gasteiger partial charge in [0.05, 0.1) is 17.1 Å². The molecule has 0 saturated carbocycles. The van der Waals surface area contributed by atoms with Crippen molar-refractivity contribution in [3.8, 4) is 5.69 Å². The summed E-state index contributed by atoms with van der Waals surface area (Å²) < 4.78 is 3.75. The molecule has 0 unspecified atom stereocenters. The summed E-state index contributed by atoms with van der Waals surface area (Å²) in [7, 11) is 0. The van der Waals surface area contributed by atoms with Crippen molar-refractivity contribution in [3.63, 3.8) is 0 Å². The van der Waals surface area contributed by atoms with Gasteiger partial charge < -0.3 is 5.32 Å². The molecule has 1 aliphatic heterocycles. The van der Waals surface area contributed by atoms with Crippen LogP contribution in [0, 0.1) is 0 Å². The zero-order valence-electron chi connectivity index (χ0n) is 14.9. The number of hydrogen-bond donors (Lipinski definition) is 1. The minimum atomic E-state index is 0.0661. The Morgan fingerprint density at radius 1 is 1.00 bits per heavy atom. The molecule has 0 saturated heterocycles. The Labute approximate surface area is 156 Å². The Bertz CT molecular complexity index is 1160. The number of hydrogen-bond acceptors (Lipinski definition) is 3. The predicted molar refractivity (Wildman–Crippen MR) is 105 cm³/mol. The lowest BCUT2D eigenvalue weighted by Crippen LogP contribution is -2.35. The number of fused-ring (bicyclic) bond motifs is 3. The predicted octanol–water partition coefficient (Wildman–Crippen LogP) is 2.72. The third-order valence-corrected chi connectivity index (χ3v) is 5.12. The van der Waals surface area contributed by atoms with Gasteiger partial charge in [-0.2, -0.15) is 5.10 Å². The van der Waals surface area contributed by atoms with Gasteiger partial charge in [-0.05, 0) is 30.7 Å². The van der Waals surface area contributed by atoms with Gasteiger partial charge in [-0.15, -0.1) is 0 Å². The number of para-hydroxylation sites is 1. The molecule has 2 aromatic carbocycles. The van der Waals surface area contributed by atoms with Crippen LogP contribution in [0.25, 0.3) is 11.3 Å². The minimum Gasteiger partial charge on any atom is -0.311 e. The summed E-state index contributed by atoms with van der Waals surface area (Å²) in [5, 5.41) is 8.24. The van der Waals surface area contributed by atoms with Gasteiger partial charge in [0.15, 0.2) is 0 Å². The summed E-state index contributed by atoms with van der Waals surface area (Å²) in [5.74, 6) is 0. The lowest BCUT2D eigenvalue weighted by molar-refractivity contribution is 0.593. The maximum absolute atomic E-state index is 13.3. The molecule has 2 aromatic heterocycles. The van der Waals surface area contributed by atoms with Gasteiger partial charge in [0.2, 0.25) is 0 Å². The molecular weight excluding hydrogens is 336 g/mol. The Kier molecular flexibility index (Phi) is 3.87. The van der Waals surface area contributed by atoms with Gasteiger partial charge in [-0.3, -0.25) is 9.36 Å². The van der Waals surface area contributed by atoms with E-state index in [2.05, 4.69) is 17.4 Å². The topological polar surface area (TPSA) is 51.3 Å². The molecule has 0 bridgehead atoms. The van der Waals surface area contributed by atoms with Crippen LogP contribution in [0.2, 0.25) is 0 Å². The fourth-order valence-electron chi connectivity index (χ4n) is 3.84. The highest BCUT2D eigenvalue weighted by Gasteiger charge is 2.22. The first kappa shape index (κ1) is 16.0. The molecule has 3 heterocycles. The van der Waals surface area contributed by atoms with Crippen LogP contribution in [-0.4, -0.2) is 20.7 Å². The third kappa shape index (κ3) is 2.76. The van der Waals surface area contributed by atoms with Gasteiger partial charge in [-0.25, -0.2) is 4.52 Å². The van der Waals surface area contributed by atoms with E-state index in [0.29, 0.717) is 6.54 Å². The van der Waals surface area contributed by atoms with Crippen LogP contribution in [-0.2, 0) is 19.4 Å². The minimum absolute atomic E-state index is 0.0661. The highest BCUT2D eigenvalue weighted by molar-refractivity contribution is 5.52. The lowest BCUT2D eigenvalue weighted by Gasteiger charge is -2.20. The van der Waals surface area contributed by atoms with Crippen molar-refractivity contribution in [2.24, 2.45) is 0 Å². The van der Waals surface area contributed by atoms with Gasteiger partial charge in [0.1, 0.15) is 5.65 Å². The monoisotopic (exact) mass is 356 g/mol. The lowest BCUT2D eigenvalue weighted by atomic mass is 10.1. The average molecular weight is 356 g/mol. The number of aromatic nitrogens is 3. The molecule has 134 valence electrons. The number of benzene rings is 2. The second-order valence-corrected chi connectivity index (χ2v) is 6.90. The first-order chi connectivity index (χ1) is 13.3. The van der Waals surface area contributed by atoms with Crippen LogP contribution in [0.5, 0.6) is 0 Å². The van der Waals surface area contributed by atoms with Gasteiger partial charge in [-0.1, -0.05) is 48.5 Å². The van der Waals surface area contributed by atoms with Crippen LogP contribution in [0.4, 0.5) is 0 Å². The molecule has 5 rings (SSSR count). The van der Waals surface area contributed by atoms with E-state index < -0.39 is 0 Å². The van der Waals surface area contributed by atoms with E-state index >= 15 is 0 Å². The fraction of sp³-hybridized carbons (Fsp3) is 0.182. The van der Waals surface area contributed by atoms with E-state index in [1.165, 1.54) is 5.56 Å². The SMILES string of the molecule is O=c1c2c(n3nc(Cc4ccccc4)cc3n1-c1ccccc1)CNCC2. The second-order valence-electron chi connectivity index (χ2n) is 6.90. The summed E-state index contributed by atoms with van der Waals surface area (Å²) in [6.45, 7) is 1.49. The van der Waals surface area contributed by atoms with E-state index in [4.69, 9.17) is 5.10 Å². The van der Waals surface area contributed by atoms with Crippen molar-refractivity contribution in [3.05, 3.63) is 99.6 Å². The Morgan fingerprint density at radius 2 is 1.74 bits per heavy atom. The molecule has 0 radical (unpaired) electrons. The zero-order chi connectivity index (χ0) is 18.2. The Balaban J connectivity index is 1.75. The first-order valence-electron chi connectivity index (χ1n) is 9.27. The highest BCUT2D eigenvalue weighted by atomic mass is 16.1. The van der Waals surface area contributed by atoms with Crippen molar-refractivity contribution < 1.29 is 0 Å². The highest BCUT2D eigenvalue weighted by Crippen LogP contribution is 2.19. The molecule has 0 aliphatic carbocycles. The van der Waals surface area contributed by atoms with Crippen LogP contribution < -0.4 is 10.9 Å². The molecule has 4 aromatic rings. The van der Waals surface area contributed by atoms with Crippen molar-refractivity contribution in [1.82, 2.24) is 19.5 Å². The fourth-order valence-corrected chi connectivity index (χ4v) is 3.84. The maximum Gasteiger partial charge on any atom is 0.261 e. The van der Waals surface area contributed by atoms with Crippen LogP contribution in [0.3, 0.4) is 0 Å². The van der Waals surface area contributed by atoms with Crippen molar-refractivity contribution >= 4 is 5.65 Å². The Morgan fingerprint density at radius 3 is 2.52 bits per heavy atom. The number of nitrogens with one attached hydrogen (secondary N) is 1. The zero-order valence-corrected chi connectivity index (χ0v) is 14.9. The van der Waals surface area contributed by atoms with Crippen molar-refractivity contribution in [2.45, 2.75) is 19.4 Å². The number of nitrogens with zero attached hydrogens (tertiary/aromatic N) is 3. The molecule has 1 N–H and O–H groups in total. The molecule has 0 fully saturated rings. The third-order valence-electron chi connectivity index (χ3n) is 5.12. The Hall–Kier alpha value is -3.18. The molecule has 27 heavy (non-hydrogen) atoms. The molecule has 0 amide bonds. The average Bonchev–Trinajstić information content (AvgIpc) is 3.13. The maximum atomic E-state index is 13.3. The van der Waals surface area contributed by atoms with E-state index in [1.807, 2.05) is 59.1 Å². The standard InChI is InChI=1S/C22H20N4O/c27-22-19-11-12-23-15-20(19)26-21(25(22)18-9-5-2-6-10-18)14-17(24-26)13-16-7-3-1-4-8-16/h1-10,14,23H,11-13,15H2. The smallest absolute Gasteiger partial charge is 0.261 e. The molecule has 5 nitrogen and oxygen atoms in total. The molecule has 0 spiro atoms. The molecule has 0 atom stereocenters. The van der Waals surface area contributed by atoms with E-state index in [-0.39, 0.29) is 5.56 Å². The summed E-state index contributed by atoms with van der Waals surface area (Å²) in [5.41, 5.74) is 5.77. The van der Waals surface area contributed by atoms with E-state index in [0.717, 1.165) is 47.7 Å². The quantitative estimate of drug-likeness (QED) is 0.614. The van der Waals surface area contributed by atoms with Crippen molar-refractivity contribution in [2.75, 3.05) is 6.54 Å². The van der Waals surface area contributed by atoms with Gasteiger partial charge in [0.25, 0.3) is 5.56 Å². The number of rotatable bonds is 3. The summed E-state index contributed by atoms with van der Waals surface area (Å²) in [6, 6.07) is 22.2.